The number of nitro benzene ring substituents is 1. The number of nitro groups is 1. The van der Waals surface area contributed by atoms with E-state index in [1.807, 2.05) is 0 Å². The summed E-state index contributed by atoms with van der Waals surface area (Å²) in [7, 11) is -0.241. The maximum Gasteiger partial charge on any atom is 0.313 e. The van der Waals surface area contributed by atoms with Gasteiger partial charge in [-0.2, -0.15) is 0 Å². The highest BCUT2D eigenvalue weighted by Gasteiger charge is 2.50. The second kappa shape index (κ2) is 7.21. The number of non-ortho nitro benzene ring substituents is 1. The molecule has 0 heterocycles. The van der Waals surface area contributed by atoms with E-state index in [9.17, 15) is 19.1 Å². The number of methoxy groups -OCH3 is 1. The predicted octanol–water partition coefficient (Wildman–Crippen LogP) is 3.06. The molecule has 0 amide bonds. The monoisotopic (exact) mass is 370 g/mol. The molecular weight excluding hydrogens is 344 g/mol. The molecule has 0 spiro atoms. The van der Waals surface area contributed by atoms with Crippen molar-refractivity contribution in [2.24, 2.45) is 5.41 Å². The molecule has 0 aliphatic carbocycles. The molecule has 0 fully saturated rings. The van der Waals surface area contributed by atoms with E-state index in [1.165, 1.54) is 19.2 Å². The van der Waals surface area contributed by atoms with Crippen LogP contribution < -0.4 is 4.72 Å². The van der Waals surface area contributed by atoms with E-state index in [2.05, 4.69) is 4.72 Å². The van der Waals surface area contributed by atoms with Gasteiger partial charge in [0.2, 0.25) is 0 Å². The van der Waals surface area contributed by atoms with Crippen molar-refractivity contribution < 1.29 is 18.7 Å². The quantitative estimate of drug-likeness (QED) is 0.471. The molecule has 25 heavy (non-hydrogen) atoms. The summed E-state index contributed by atoms with van der Waals surface area (Å²) in [6, 6.07) is 5.97. The molecule has 0 bridgehead atoms. The van der Waals surface area contributed by atoms with E-state index in [0.717, 1.165) is 0 Å². The molecule has 0 aliphatic heterocycles. The highest BCUT2D eigenvalue weighted by molar-refractivity contribution is 7.84. The Bertz CT molecular complexity index is 697. The summed E-state index contributed by atoms with van der Waals surface area (Å²) in [4.78, 5) is 23.0. The highest BCUT2D eigenvalue weighted by atomic mass is 32.2. The number of esters is 1. The van der Waals surface area contributed by atoms with Gasteiger partial charge in [-0.15, -0.1) is 0 Å². The standard InChI is InChI=1S/C17H26N2O5S/c1-15(2,3)25(23)18-17(6,16(4,5)14(20)24-7)12-9-8-10-13(11-12)19(21)22/h8-11,18H,1-7H3/t17-,25?/m1/s1. The number of nitrogens with one attached hydrogen (secondary N) is 1. The van der Waals surface area contributed by atoms with E-state index < -0.39 is 37.6 Å². The lowest BCUT2D eigenvalue weighted by Crippen LogP contribution is -2.57. The second-order valence-corrected chi connectivity index (χ2v) is 9.50. The van der Waals surface area contributed by atoms with Gasteiger partial charge < -0.3 is 4.74 Å². The molecule has 0 saturated carbocycles. The van der Waals surface area contributed by atoms with Crippen molar-refractivity contribution in [2.75, 3.05) is 7.11 Å². The lowest BCUT2D eigenvalue weighted by Gasteiger charge is -2.43. The minimum atomic E-state index is -1.52. The number of ether oxygens (including phenoxy) is 1. The first-order chi connectivity index (χ1) is 11.3. The van der Waals surface area contributed by atoms with Crippen molar-refractivity contribution in [3.63, 3.8) is 0 Å². The molecule has 1 N–H and O–H groups in total. The van der Waals surface area contributed by atoms with Crippen molar-refractivity contribution in [3.05, 3.63) is 39.9 Å². The molecule has 0 aromatic heterocycles. The Labute approximate surface area is 150 Å². The third-order valence-corrected chi connectivity index (χ3v) is 6.14. The summed E-state index contributed by atoms with van der Waals surface area (Å²) in [6.45, 7) is 10.4. The molecule has 1 unspecified atom stereocenters. The summed E-state index contributed by atoms with van der Waals surface area (Å²) in [5.74, 6) is -0.514. The fourth-order valence-electron chi connectivity index (χ4n) is 2.28. The number of hydrogen-bond donors (Lipinski definition) is 1. The van der Waals surface area contributed by atoms with E-state index in [4.69, 9.17) is 4.74 Å². The largest absolute Gasteiger partial charge is 0.469 e. The van der Waals surface area contributed by atoms with Crippen LogP contribution in [0.5, 0.6) is 0 Å². The van der Waals surface area contributed by atoms with Crippen molar-refractivity contribution >= 4 is 22.6 Å². The fraction of sp³-hybridized carbons (Fsp3) is 0.588. The van der Waals surface area contributed by atoms with Crippen LogP contribution in [0.2, 0.25) is 0 Å². The van der Waals surface area contributed by atoms with E-state index in [0.29, 0.717) is 5.56 Å². The Balaban J connectivity index is 3.58. The maximum atomic E-state index is 12.7. The SMILES string of the molecule is COC(=O)C(C)(C)[C@](C)(NS(=O)C(C)(C)C)c1cccc([N+](=O)[O-])c1. The number of rotatable bonds is 6. The average Bonchev–Trinajstić information content (AvgIpc) is 2.52. The Morgan fingerprint density at radius 1 is 1.20 bits per heavy atom. The molecule has 1 rings (SSSR count). The topological polar surface area (TPSA) is 98.5 Å². The average molecular weight is 370 g/mol. The van der Waals surface area contributed by atoms with Crippen LogP contribution in [0.1, 0.15) is 47.1 Å². The number of hydrogen-bond acceptors (Lipinski definition) is 5. The zero-order valence-corrected chi connectivity index (χ0v) is 16.5. The summed E-state index contributed by atoms with van der Waals surface area (Å²) in [5, 5.41) is 11.1. The Morgan fingerprint density at radius 3 is 2.20 bits per heavy atom. The molecule has 8 heteroatoms. The molecule has 140 valence electrons. The van der Waals surface area contributed by atoms with Crippen molar-refractivity contribution in [2.45, 2.75) is 51.8 Å². The first-order valence-electron chi connectivity index (χ1n) is 7.80. The van der Waals surface area contributed by atoms with Crippen LogP contribution in [-0.4, -0.2) is 27.0 Å². The normalized spacial score (nSPS) is 16.0. The third-order valence-electron chi connectivity index (χ3n) is 4.43. The Hall–Kier alpha value is -1.80. The smallest absolute Gasteiger partial charge is 0.313 e. The zero-order valence-electron chi connectivity index (χ0n) is 15.7. The Kier molecular flexibility index (Phi) is 6.13. The minimum absolute atomic E-state index is 0.104. The number of nitrogens with zero attached hydrogens (tertiary/aromatic N) is 1. The van der Waals surface area contributed by atoms with Gasteiger partial charge in [0.25, 0.3) is 5.69 Å². The van der Waals surface area contributed by atoms with Gasteiger partial charge in [0.05, 0.1) is 38.7 Å². The highest BCUT2D eigenvalue weighted by Crippen LogP contribution is 2.42. The number of carbonyl (C=O) groups excluding carboxylic acids is 1. The molecule has 0 saturated heterocycles. The van der Waals surface area contributed by atoms with Crippen molar-refractivity contribution in [1.29, 1.82) is 0 Å². The zero-order chi connectivity index (χ0) is 19.6. The number of carbonyl (C=O) groups is 1. The van der Waals surface area contributed by atoms with Gasteiger partial charge in [0.1, 0.15) is 0 Å². The minimum Gasteiger partial charge on any atom is -0.469 e. The van der Waals surface area contributed by atoms with Gasteiger partial charge in [0.15, 0.2) is 0 Å². The van der Waals surface area contributed by atoms with Crippen LogP contribution in [0.15, 0.2) is 24.3 Å². The van der Waals surface area contributed by atoms with Gasteiger partial charge in [-0.25, -0.2) is 8.93 Å². The van der Waals surface area contributed by atoms with Crippen LogP contribution in [-0.2, 0) is 26.1 Å². The Morgan fingerprint density at radius 2 is 1.76 bits per heavy atom. The third kappa shape index (κ3) is 4.24. The molecule has 2 atom stereocenters. The summed E-state index contributed by atoms with van der Waals surface area (Å²) in [6.07, 6.45) is 0. The fourth-order valence-corrected chi connectivity index (χ4v) is 3.33. The molecule has 1 aromatic carbocycles. The maximum absolute atomic E-state index is 12.7. The van der Waals surface area contributed by atoms with Gasteiger partial charge in [-0.1, -0.05) is 12.1 Å². The second-order valence-electron chi connectivity index (χ2n) is 7.53. The van der Waals surface area contributed by atoms with E-state index in [-0.39, 0.29) is 5.69 Å². The lowest BCUT2D eigenvalue weighted by molar-refractivity contribution is -0.385. The van der Waals surface area contributed by atoms with Gasteiger partial charge in [0, 0.05) is 12.1 Å². The van der Waals surface area contributed by atoms with Crippen LogP contribution in [0.4, 0.5) is 5.69 Å². The van der Waals surface area contributed by atoms with Crippen molar-refractivity contribution in [1.82, 2.24) is 4.72 Å². The predicted molar refractivity (Wildman–Crippen MR) is 97.3 cm³/mol. The molecule has 1 aromatic rings. The van der Waals surface area contributed by atoms with Gasteiger partial charge >= 0.3 is 5.97 Å². The van der Waals surface area contributed by atoms with Gasteiger partial charge in [-0.3, -0.25) is 14.9 Å². The number of benzene rings is 1. The van der Waals surface area contributed by atoms with E-state index >= 15 is 0 Å². The lowest BCUT2D eigenvalue weighted by atomic mass is 9.70. The van der Waals surface area contributed by atoms with Gasteiger partial charge in [-0.05, 0) is 47.1 Å². The summed E-state index contributed by atoms with van der Waals surface area (Å²) < 4.78 is 20.1. The molecule has 0 radical (unpaired) electrons. The molecular formula is C17H26N2O5S. The van der Waals surface area contributed by atoms with E-state index in [1.54, 1.807) is 53.7 Å². The van der Waals surface area contributed by atoms with Crippen LogP contribution in [0.3, 0.4) is 0 Å². The van der Waals surface area contributed by atoms with Crippen LogP contribution in [0.25, 0.3) is 0 Å². The van der Waals surface area contributed by atoms with Crippen LogP contribution >= 0.6 is 0 Å². The first kappa shape index (κ1) is 21.2. The summed E-state index contributed by atoms with van der Waals surface area (Å²) in [5.41, 5.74) is -1.93. The molecule has 7 nitrogen and oxygen atoms in total. The van der Waals surface area contributed by atoms with Crippen molar-refractivity contribution in [3.8, 4) is 0 Å². The van der Waals surface area contributed by atoms with Crippen LogP contribution in [0, 0.1) is 15.5 Å². The summed E-state index contributed by atoms with van der Waals surface area (Å²) >= 11 is 0. The first-order valence-corrected chi connectivity index (χ1v) is 8.95. The molecule has 0 aliphatic rings.